The average Bonchev–Trinajstić information content (AvgIpc) is 1.56. The number of halogens is 8. The molecule has 0 saturated heterocycles. The van der Waals surface area contributed by atoms with Crippen molar-refractivity contribution in [2.45, 2.75) is 90.0 Å². The molecule has 12 rings (SSSR count). The van der Waals surface area contributed by atoms with Crippen molar-refractivity contribution in [3.8, 4) is 34.0 Å². The first kappa shape index (κ1) is 63.1. The van der Waals surface area contributed by atoms with Crippen LogP contribution < -0.4 is 30.7 Å². The topological polar surface area (TPSA) is 178 Å². The van der Waals surface area contributed by atoms with Crippen molar-refractivity contribution < 1.29 is 59.0 Å². The largest absolute Gasteiger partial charge is 0.488 e. The number of carbonyl (C=O) groups is 3. The smallest absolute Gasteiger partial charge is 0.390 e. The fourth-order valence-electron chi connectivity index (χ4n) is 10.1. The fraction of sp³-hybridized carbons (Fsp3) is 0.232. The van der Waals surface area contributed by atoms with E-state index in [9.17, 15) is 49.5 Å². The second-order valence-electron chi connectivity index (χ2n) is 22.4. The van der Waals surface area contributed by atoms with Gasteiger partial charge in [0.1, 0.15) is 42.0 Å². The van der Waals surface area contributed by atoms with Crippen molar-refractivity contribution in [1.29, 1.82) is 0 Å². The number of ether oxygens (including phenoxy) is 2. The molecule has 2 saturated carbocycles. The van der Waals surface area contributed by atoms with Crippen LogP contribution in [0.25, 0.3) is 39.4 Å². The molecule has 0 bridgehead atoms. The van der Waals surface area contributed by atoms with Gasteiger partial charge in [-0.05, 0) is 135 Å². The molecule has 15 nitrogen and oxygen atoms in total. The number of nitrogens with zero attached hydrogens (tertiary/aromatic N) is 6. The Morgan fingerprint density at radius 1 is 0.533 bits per heavy atom. The second kappa shape index (κ2) is 26.9. The molecule has 0 radical (unpaired) electrons. The Kier molecular flexibility index (Phi) is 18.5. The van der Waals surface area contributed by atoms with Gasteiger partial charge in [-0.1, -0.05) is 79.4 Å². The second-order valence-corrected chi connectivity index (χ2v) is 22.4. The summed E-state index contributed by atoms with van der Waals surface area (Å²) < 4.78 is 122. The summed E-state index contributed by atoms with van der Waals surface area (Å²) in [5.74, 6) is -1.73. The van der Waals surface area contributed by atoms with E-state index in [1.54, 1.807) is 49.5 Å². The molecule has 0 unspecified atom stereocenters. The minimum atomic E-state index is -4.41. The molecule has 2 amide bonds. The molecule has 0 aliphatic heterocycles. The number of amides is 2. The van der Waals surface area contributed by atoms with Crippen LogP contribution in [0.5, 0.6) is 11.5 Å². The van der Waals surface area contributed by atoms with Crippen molar-refractivity contribution in [1.82, 2.24) is 39.8 Å². The van der Waals surface area contributed by atoms with Crippen LogP contribution in [0.4, 0.5) is 46.5 Å². The van der Waals surface area contributed by atoms with E-state index in [4.69, 9.17) is 14.6 Å². The zero-order chi connectivity index (χ0) is 64.8. The Morgan fingerprint density at radius 3 is 1.39 bits per heavy atom. The van der Waals surface area contributed by atoms with E-state index in [0.717, 1.165) is 48.4 Å². The van der Waals surface area contributed by atoms with Crippen molar-refractivity contribution in [3.63, 3.8) is 0 Å². The number of nitrogens with one attached hydrogen (secondary N) is 4. The molecule has 6 aromatic carbocycles. The molecule has 4 aromatic heterocycles. The molecule has 23 heteroatoms. The third kappa shape index (κ3) is 15.6. The summed E-state index contributed by atoms with van der Waals surface area (Å²) in [6, 6.07) is 40.1. The lowest BCUT2D eigenvalue weighted by molar-refractivity contribution is -0.132. The molecule has 472 valence electrons. The van der Waals surface area contributed by atoms with Gasteiger partial charge in [0.15, 0.2) is 11.3 Å². The predicted molar refractivity (Wildman–Crippen MR) is 332 cm³/mol. The molecule has 92 heavy (non-hydrogen) atoms. The van der Waals surface area contributed by atoms with Gasteiger partial charge in [-0.3, -0.25) is 14.4 Å². The maximum atomic E-state index is 14.6. The number of ketones is 1. The van der Waals surface area contributed by atoms with Crippen molar-refractivity contribution >= 4 is 45.8 Å². The first-order valence-corrected chi connectivity index (χ1v) is 29.5. The Labute approximate surface area is 522 Å². The van der Waals surface area contributed by atoms with Gasteiger partial charge in [0, 0.05) is 58.6 Å². The minimum Gasteiger partial charge on any atom is -0.488 e. The molecule has 10 aromatic rings. The third-order valence-electron chi connectivity index (χ3n) is 15.2. The quantitative estimate of drug-likeness (QED) is 0.0375. The zero-order valence-electron chi connectivity index (χ0n) is 49.7. The number of alkyl halides is 6. The van der Waals surface area contributed by atoms with Crippen LogP contribution in [0.15, 0.2) is 165 Å². The van der Waals surface area contributed by atoms with Crippen LogP contribution in [0, 0.1) is 25.5 Å². The zero-order valence-corrected chi connectivity index (χ0v) is 49.7. The van der Waals surface area contributed by atoms with E-state index in [0.29, 0.717) is 67.4 Å². The predicted octanol–water partition coefficient (Wildman–Crippen LogP) is 14.7. The van der Waals surface area contributed by atoms with E-state index >= 15 is 0 Å². The molecular formula is C69H60F8N10O5. The molecule has 2 fully saturated rings. The monoisotopic (exact) mass is 1260 g/mol. The highest BCUT2D eigenvalue weighted by Crippen LogP contribution is 2.36. The minimum absolute atomic E-state index is 0.104. The highest BCUT2D eigenvalue weighted by Gasteiger charge is 2.30. The first-order chi connectivity index (χ1) is 44.1. The number of hydrogen-bond acceptors (Lipinski definition) is 11. The van der Waals surface area contributed by atoms with Gasteiger partial charge in [0.05, 0.1) is 59.3 Å². The standard InChI is InChI=1S/C35H31F4N5O2.C34H29F4N5O3/c1-21-16-24(8-12-27(21)34(45)42-26-10-11-26)31-19-41-33-30(40-15-14-35(37,38)39)18-29(43-44(31)33)22(2)28-17-25(36)9-13-32(28)46-20-23-6-4-3-5-7-23;1-20-15-22(7-11-25(20)33(45)41-24-9-10-24)29-18-40-32-28(39-14-13-34(36,37)38)17-27(42-43(29)32)31(44)26-16-23(35)8-12-30(26)46-19-21-5-3-2-4-6-21/h3-9,12-13,16-19,26,40H,2,10-11,14-15,20H2,1H3,(H,42,45);2-8,11-12,15-18,24,39H,9-10,13-14,19H2,1H3,(H,41,45). The number of carbonyl (C=O) groups excluding carboxylic acids is 3. The van der Waals surface area contributed by atoms with E-state index < -0.39 is 55.7 Å². The lowest BCUT2D eigenvalue weighted by atomic mass is 10.0. The Hall–Kier alpha value is -10.5. The number of anilines is 2. The maximum absolute atomic E-state index is 14.6. The number of hydrogen-bond donors (Lipinski definition) is 4. The van der Waals surface area contributed by atoms with Crippen LogP contribution in [0.2, 0.25) is 0 Å². The molecule has 0 atom stereocenters. The number of aryl methyl sites for hydroxylation is 2. The van der Waals surface area contributed by atoms with Crippen molar-refractivity contribution in [2.24, 2.45) is 0 Å². The molecule has 2 aliphatic carbocycles. The fourth-order valence-corrected chi connectivity index (χ4v) is 10.1. The van der Waals surface area contributed by atoms with Crippen LogP contribution in [0.3, 0.4) is 0 Å². The van der Waals surface area contributed by atoms with Crippen LogP contribution >= 0.6 is 0 Å². The summed E-state index contributed by atoms with van der Waals surface area (Å²) in [5, 5.41) is 20.8. The highest BCUT2D eigenvalue weighted by molar-refractivity contribution is 6.10. The lowest BCUT2D eigenvalue weighted by Gasteiger charge is -2.16. The number of aromatic nitrogens is 6. The SMILES string of the molecule is C=C(c1cc(NCCC(F)(F)F)c2ncc(-c3ccc(C(=O)NC4CC4)c(C)c3)n2n1)c1cc(F)ccc1OCc1ccccc1.Cc1cc(-c2cnc3c(NCCC(F)(F)F)cc(C(=O)c4cc(F)ccc4OCc4ccccc4)nn23)ccc1C(=O)NC1CC1. The summed E-state index contributed by atoms with van der Waals surface area (Å²) in [4.78, 5) is 48.1. The van der Waals surface area contributed by atoms with Gasteiger partial charge in [-0.2, -0.15) is 36.5 Å². The van der Waals surface area contributed by atoms with Crippen molar-refractivity contribution in [3.05, 3.63) is 232 Å². The Morgan fingerprint density at radius 2 is 0.957 bits per heavy atom. The molecule has 0 spiro atoms. The molecular weight excluding hydrogens is 1200 g/mol. The van der Waals surface area contributed by atoms with Gasteiger partial charge >= 0.3 is 12.4 Å². The van der Waals surface area contributed by atoms with E-state index in [2.05, 4.69) is 42.9 Å². The van der Waals surface area contributed by atoms with Gasteiger partial charge in [0.25, 0.3) is 11.8 Å². The normalized spacial score (nSPS) is 13.1. The Balaban J connectivity index is 0.000000188. The summed E-state index contributed by atoms with van der Waals surface area (Å²) in [6.07, 6.45) is -4.05. The third-order valence-corrected chi connectivity index (χ3v) is 15.2. The Bertz CT molecular complexity index is 4110. The summed E-state index contributed by atoms with van der Waals surface area (Å²) in [7, 11) is 0. The van der Waals surface area contributed by atoms with E-state index in [1.165, 1.54) is 51.6 Å². The number of fused-ring (bicyclic) bond motifs is 2. The molecule has 4 N–H and O–H groups in total. The first-order valence-electron chi connectivity index (χ1n) is 29.5. The van der Waals surface area contributed by atoms with Crippen molar-refractivity contribution in [2.75, 3.05) is 23.7 Å². The van der Waals surface area contributed by atoms with Crippen LogP contribution in [-0.2, 0) is 13.2 Å². The number of rotatable bonds is 22. The molecule has 4 heterocycles. The van der Waals surface area contributed by atoms with Gasteiger partial charge in [-0.25, -0.2) is 27.8 Å². The maximum Gasteiger partial charge on any atom is 0.390 e. The summed E-state index contributed by atoms with van der Waals surface area (Å²) in [6.45, 7) is 7.28. The van der Waals surface area contributed by atoms with E-state index in [-0.39, 0.29) is 71.1 Å². The van der Waals surface area contributed by atoms with Crippen LogP contribution in [-0.4, -0.2) is 84.3 Å². The van der Waals surface area contributed by atoms with Gasteiger partial charge in [-0.15, -0.1) is 0 Å². The van der Waals surface area contributed by atoms with E-state index in [1.807, 2.05) is 73.7 Å². The van der Waals surface area contributed by atoms with Gasteiger partial charge in [0.2, 0.25) is 5.78 Å². The van der Waals surface area contributed by atoms with Crippen LogP contribution in [0.1, 0.15) is 109 Å². The number of imidazole rings is 2. The van der Waals surface area contributed by atoms with Gasteiger partial charge < -0.3 is 30.7 Å². The summed E-state index contributed by atoms with van der Waals surface area (Å²) in [5.41, 5.74) is 8.06. The highest BCUT2D eigenvalue weighted by atomic mass is 19.4. The lowest BCUT2D eigenvalue weighted by Crippen LogP contribution is -2.26. The summed E-state index contributed by atoms with van der Waals surface area (Å²) >= 11 is 0. The number of benzene rings is 6. The average molecular weight is 1260 g/mol. The molecule has 2 aliphatic rings.